The first-order valence-corrected chi connectivity index (χ1v) is 16.0. The third-order valence-corrected chi connectivity index (χ3v) is 6.91. The van der Waals surface area contributed by atoms with Crippen molar-refractivity contribution in [3.63, 3.8) is 0 Å². The maximum atomic E-state index is 12.2. The van der Waals surface area contributed by atoms with Gasteiger partial charge in [-0.15, -0.1) is 0 Å². The van der Waals surface area contributed by atoms with Crippen LogP contribution < -0.4 is 0 Å². The first kappa shape index (κ1) is 47.7. The molecule has 25 heteroatoms. The molecule has 0 bridgehead atoms. The molecule has 8 unspecified atom stereocenters. The number of carboxylic acids is 4. The van der Waals surface area contributed by atoms with Gasteiger partial charge in [0, 0.05) is 0 Å². The fourth-order valence-corrected chi connectivity index (χ4v) is 4.19. The Morgan fingerprint density at radius 2 is 0.964 bits per heavy atom. The maximum Gasteiger partial charge on any atom is 0.314 e. The average molecular weight is 801 g/mol. The number of carboxylic acid groups (broad SMARTS) is 4. The van der Waals surface area contributed by atoms with Gasteiger partial charge < -0.3 is 74.0 Å². The normalized spacial score (nSPS) is 25.2. The third kappa shape index (κ3) is 19.0. The second-order valence-electron chi connectivity index (χ2n) is 11.3. The standard InChI is InChI=1S/C21H26O17.C5H10O5.C4H4O3/c22-11(23)1-5-15(30)34-9-10-19(36-16(31)6-2-12(24)25)20(37-17(32)7-3-13(26)27)21(35-10)38-18(33)8-4-14(28)29;6-1-2-3(7)4(8)5(9)10-2;5-3-1-2-4(6)7-3/h10,19-21H,1-9H2,(H,22,23)(H,24,25)(H,26,27)(H,28,29);2-9H,1H2;1-2H2. The molecule has 0 radical (unpaired) electrons. The lowest BCUT2D eigenvalue weighted by atomic mass is 10.1. The summed E-state index contributed by atoms with van der Waals surface area (Å²) in [6.07, 6.45) is -15.9. The van der Waals surface area contributed by atoms with Crippen molar-refractivity contribution in [1.82, 2.24) is 0 Å². The van der Waals surface area contributed by atoms with Gasteiger partial charge in [-0.25, -0.2) is 0 Å². The topological polar surface area (TPSA) is 397 Å². The number of carbonyl (C=O) groups is 10. The summed E-state index contributed by atoms with van der Waals surface area (Å²) in [4.78, 5) is 111. The first-order valence-electron chi connectivity index (χ1n) is 16.0. The molecule has 3 rings (SSSR count). The van der Waals surface area contributed by atoms with E-state index in [2.05, 4.69) is 9.47 Å². The van der Waals surface area contributed by atoms with Crippen molar-refractivity contribution < 1.29 is 122 Å². The van der Waals surface area contributed by atoms with Gasteiger partial charge in [-0.05, 0) is 0 Å². The van der Waals surface area contributed by atoms with Crippen LogP contribution in [0.3, 0.4) is 0 Å². The number of hydrogen-bond donors (Lipinski definition) is 8. The van der Waals surface area contributed by atoms with Crippen molar-refractivity contribution in [3.8, 4) is 0 Å². The Hall–Kier alpha value is -5.34. The highest BCUT2D eigenvalue weighted by molar-refractivity contribution is 5.92. The van der Waals surface area contributed by atoms with Gasteiger partial charge >= 0.3 is 59.7 Å². The predicted octanol–water partition coefficient (Wildman–Crippen LogP) is -3.65. The second-order valence-corrected chi connectivity index (χ2v) is 11.3. The maximum absolute atomic E-state index is 12.2. The largest absolute Gasteiger partial charge is 0.481 e. The van der Waals surface area contributed by atoms with Crippen molar-refractivity contribution in [2.75, 3.05) is 13.2 Å². The predicted molar refractivity (Wildman–Crippen MR) is 163 cm³/mol. The van der Waals surface area contributed by atoms with Crippen LogP contribution in [0, 0.1) is 0 Å². The van der Waals surface area contributed by atoms with E-state index in [1.165, 1.54) is 0 Å². The number of aliphatic hydroxyl groups excluding tert-OH is 4. The van der Waals surface area contributed by atoms with Gasteiger partial charge in [0.05, 0.1) is 70.8 Å². The molecule has 3 fully saturated rings. The Labute approximate surface area is 308 Å². The summed E-state index contributed by atoms with van der Waals surface area (Å²) in [6.45, 7) is -1.13. The van der Waals surface area contributed by atoms with Gasteiger partial charge in [-0.3, -0.25) is 47.9 Å². The van der Waals surface area contributed by atoms with Crippen LogP contribution in [0.15, 0.2) is 0 Å². The summed E-state index contributed by atoms with van der Waals surface area (Å²) in [5, 5.41) is 69.9. The van der Waals surface area contributed by atoms with Crippen LogP contribution in [0.2, 0.25) is 0 Å². The van der Waals surface area contributed by atoms with E-state index < -0.39 is 173 Å². The van der Waals surface area contributed by atoms with Crippen molar-refractivity contribution >= 4 is 59.7 Å². The van der Waals surface area contributed by atoms with Crippen LogP contribution in [0.25, 0.3) is 0 Å². The zero-order valence-electron chi connectivity index (χ0n) is 28.6. The zero-order chi connectivity index (χ0) is 41.8. The Bertz CT molecular complexity index is 1380. The summed E-state index contributed by atoms with van der Waals surface area (Å²) >= 11 is 0. The molecule has 8 atom stereocenters. The lowest BCUT2D eigenvalue weighted by Gasteiger charge is -2.24. The number of rotatable bonds is 18. The van der Waals surface area contributed by atoms with Crippen LogP contribution in [0.1, 0.15) is 64.2 Å². The second kappa shape index (κ2) is 24.1. The molecule has 55 heavy (non-hydrogen) atoms. The number of cyclic esters (lactones) is 2. The number of carbonyl (C=O) groups excluding carboxylic acids is 6. The van der Waals surface area contributed by atoms with E-state index >= 15 is 0 Å². The number of esters is 6. The van der Waals surface area contributed by atoms with E-state index in [4.69, 9.17) is 64.5 Å². The van der Waals surface area contributed by atoms with Crippen molar-refractivity contribution in [1.29, 1.82) is 0 Å². The van der Waals surface area contributed by atoms with Gasteiger partial charge in [0.2, 0.25) is 12.4 Å². The van der Waals surface area contributed by atoms with Crippen LogP contribution in [-0.2, 0) is 81.1 Å². The van der Waals surface area contributed by atoms with Gasteiger partial charge in [0.1, 0.15) is 31.0 Å². The average Bonchev–Trinajstić information content (AvgIpc) is 3.73. The van der Waals surface area contributed by atoms with E-state index in [9.17, 15) is 47.9 Å². The fraction of sp³-hybridized carbons (Fsp3) is 0.667. The minimum absolute atomic E-state index is 0.263. The molecule has 0 aromatic heterocycles. The summed E-state index contributed by atoms with van der Waals surface area (Å²) in [6, 6.07) is 0. The molecular weight excluding hydrogens is 760 g/mol. The molecule has 3 heterocycles. The van der Waals surface area contributed by atoms with Crippen molar-refractivity contribution in [2.24, 2.45) is 0 Å². The highest BCUT2D eigenvalue weighted by Crippen LogP contribution is 2.30. The highest BCUT2D eigenvalue weighted by atomic mass is 16.8. The van der Waals surface area contributed by atoms with Crippen LogP contribution in [0.5, 0.6) is 0 Å². The van der Waals surface area contributed by atoms with Gasteiger partial charge in [0.15, 0.2) is 12.4 Å². The summed E-state index contributed by atoms with van der Waals surface area (Å²) in [5.41, 5.74) is 0. The molecule has 0 saturated carbocycles. The monoisotopic (exact) mass is 800 g/mol. The van der Waals surface area contributed by atoms with E-state index in [0.717, 1.165) is 0 Å². The summed E-state index contributed by atoms with van der Waals surface area (Å²) in [7, 11) is 0. The molecule has 25 nitrogen and oxygen atoms in total. The molecule has 0 amide bonds. The van der Waals surface area contributed by atoms with Gasteiger partial charge in [-0.1, -0.05) is 0 Å². The van der Waals surface area contributed by atoms with E-state index in [1.807, 2.05) is 0 Å². The minimum atomic E-state index is -1.83. The molecule has 0 aromatic carbocycles. The first-order chi connectivity index (χ1) is 25.7. The Balaban J connectivity index is 0.000000716. The molecule has 8 N–H and O–H groups in total. The summed E-state index contributed by atoms with van der Waals surface area (Å²) < 4.78 is 34.2. The molecule has 3 aliphatic heterocycles. The van der Waals surface area contributed by atoms with Gasteiger partial charge in [-0.2, -0.15) is 0 Å². The third-order valence-electron chi connectivity index (χ3n) is 6.91. The Kier molecular flexibility index (Phi) is 20.9. The van der Waals surface area contributed by atoms with Crippen LogP contribution in [0.4, 0.5) is 0 Å². The van der Waals surface area contributed by atoms with E-state index in [1.54, 1.807) is 0 Å². The molecule has 3 saturated heterocycles. The number of ether oxygens (including phenoxy) is 7. The minimum Gasteiger partial charge on any atom is -0.481 e. The van der Waals surface area contributed by atoms with Crippen LogP contribution in [-0.4, -0.2) is 163 Å². The molecule has 0 aromatic rings. The number of aliphatic carboxylic acids is 4. The molecule has 310 valence electrons. The lowest BCUT2D eigenvalue weighted by molar-refractivity contribution is -0.200. The number of hydrogen-bond acceptors (Lipinski definition) is 21. The molecule has 0 aliphatic carbocycles. The van der Waals surface area contributed by atoms with Crippen molar-refractivity contribution in [3.05, 3.63) is 0 Å². The van der Waals surface area contributed by atoms with E-state index in [0.29, 0.717) is 0 Å². The fourth-order valence-electron chi connectivity index (χ4n) is 4.19. The summed E-state index contributed by atoms with van der Waals surface area (Å²) in [5.74, 6) is -10.5. The Morgan fingerprint density at radius 3 is 1.31 bits per heavy atom. The van der Waals surface area contributed by atoms with Crippen molar-refractivity contribution in [2.45, 2.75) is 113 Å². The quantitative estimate of drug-likeness (QED) is 0.0376. The van der Waals surface area contributed by atoms with Crippen LogP contribution >= 0.6 is 0 Å². The molecule has 0 spiro atoms. The van der Waals surface area contributed by atoms with Gasteiger partial charge in [0.25, 0.3) is 0 Å². The smallest absolute Gasteiger partial charge is 0.314 e. The SMILES string of the molecule is O=C(O)CCC(=O)OCC1OC(OC(=O)CCC(=O)O)C(OC(=O)CCC(=O)O)C1OC(=O)CCC(=O)O.O=C1CCC(=O)O1.OCC1OC(O)C(O)C1O. The highest BCUT2D eigenvalue weighted by Gasteiger charge is 2.52. The van der Waals surface area contributed by atoms with E-state index in [-0.39, 0.29) is 12.8 Å². The zero-order valence-corrected chi connectivity index (χ0v) is 28.6. The molecular formula is C30H40O25. The lowest BCUT2D eigenvalue weighted by Crippen LogP contribution is -2.43. The Morgan fingerprint density at radius 1 is 0.545 bits per heavy atom. The number of aliphatic hydroxyl groups is 4. The molecule has 3 aliphatic rings.